The van der Waals surface area contributed by atoms with Crippen molar-refractivity contribution >= 4 is 55.7 Å². The van der Waals surface area contributed by atoms with Crippen LogP contribution >= 0.6 is 38.9 Å². The number of aromatic nitrogens is 1. The van der Waals surface area contributed by atoms with Crippen LogP contribution in [-0.2, 0) is 13.0 Å². The van der Waals surface area contributed by atoms with Crippen LogP contribution in [0.4, 0.5) is 5.69 Å². The Labute approximate surface area is 162 Å². The van der Waals surface area contributed by atoms with E-state index in [1.807, 2.05) is 11.4 Å². The highest BCUT2D eigenvalue weighted by Gasteiger charge is 2.46. The predicted molar refractivity (Wildman–Crippen MR) is 104 cm³/mol. The number of hydrogen-bond donors (Lipinski definition) is 3. The van der Waals surface area contributed by atoms with Crippen molar-refractivity contribution in [2.45, 2.75) is 37.5 Å². The second kappa shape index (κ2) is 6.55. The molecule has 3 heterocycles. The molecule has 5 nitrogen and oxygen atoms in total. The van der Waals surface area contributed by atoms with Crippen molar-refractivity contribution < 1.29 is 9.52 Å². The van der Waals surface area contributed by atoms with Gasteiger partial charge in [-0.05, 0) is 40.2 Å². The standard InChI is InChI=1S/C17H17BrClN3O2S/c18-14-11(7-12(20)17(23)3-4-17)24-16-10(6-13(19)22-15(14)16)21-8-9-2-1-5-25-9/h1-2,5-6,12,23H,3-4,7-8,20H2,(H,21,22)/t12-/m1/s1. The SMILES string of the molecule is N[C@H](Cc1oc2c(NCc3cccs3)cc(Cl)nc2c1Br)C1(O)CC1. The van der Waals surface area contributed by atoms with E-state index in [0.29, 0.717) is 35.0 Å². The molecule has 0 aliphatic heterocycles. The molecule has 0 bridgehead atoms. The summed E-state index contributed by atoms with van der Waals surface area (Å²) in [5, 5.41) is 16.0. The summed E-state index contributed by atoms with van der Waals surface area (Å²) in [6.45, 7) is 0.681. The molecule has 132 valence electrons. The minimum absolute atomic E-state index is 0.359. The average molecular weight is 443 g/mol. The topological polar surface area (TPSA) is 84.3 Å². The minimum Gasteiger partial charge on any atom is -0.456 e. The smallest absolute Gasteiger partial charge is 0.177 e. The first-order valence-electron chi connectivity index (χ1n) is 7.98. The monoisotopic (exact) mass is 441 g/mol. The maximum atomic E-state index is 10.2. The van der Waals surface area contributed by atoms with Crippen LogP contribution in [0.3, 0.4) is 0 Å². The molecular weight excluding hydrogens is 426 g/mol. The van der Waals surface area contributed by atoms with Crippen LogP contribution in [0.2, 0.25) is 5.15 Å². The molecule has 3 aromatic heterocycles. The summed E-state index contributed by atoms with van der Waals surface area (Å²) < 4.78 is 6.77. The van der Waals surface area contributed by atoms with Crippen LogP contribution in [0.15, 0.2) is 32.5 Å². The maximum absolute atomic E-state index is 10.2. The molecule has 0 aromatic carbocycles. The number of aliphatic hydroxyl groups is 1. The highest BCUT2D eigenvalue weighted by Crippen LogP contribution is 2.41. The van der Waals surface area contributed by atoms with Crippen LogP contribution in [0.5, 0.6) is 0 Å². The van der Waals surface area contributed by atoms with Gasteiger partial charge in [0.1, 0.15) is 16.4 Å². The lowest BCUT2D eigenvalue weighted by Crippen LogP contribution is -2.38. The van der Waals surface area contributed by atoms with Gasteiger partial charge in [-0.1, -0.05) is 17.7 Å². The van der Waals surface area contributed by atoms with Crippen molar-refractivity contribution in [3.63, 3.8) is 0 Å². The van der Waals surface area contributed by atoms with E-state index >= 15 is 0 Å². The second-order valence-electron chi connectivity index (χ2n) is 6.36. The molecule has 25 heavy (non-hydrogen) atoms. The number of nitrogens with two attached hydrogens (primary N) is 1. The summed E-state index contributed by atoms with van der Waals surface area (Å²) in [7, 11) is 0. The number of halogens is 2. The van der Waals surface area contributed by atoms with E-state index < -0.39 is 5.60 Å². The molecule has 0 saturated heterocycles. The molecule has 0 unspecified atom stereocenters. The van der Waals surface area contributed by atoms with E-state index in [4.69, 9.17) is 21.8 Å². The number of pyridine rings is 1. The van der Waals surface area contributed by atoms with E-state index in [1.54, 1.807) is 17.4 Å². The Morgan fingerprint density at radius 1 is 1.52 bits per heavy atom. The fraction of sp³-hybridized carbons (Fsp3) is 0.353. The molecule has 0 radical (unpaired) electrons. The lowest BCUT2D eigenvalue weighted by atomic mass is 10.1. The van der Waals surface area contributed by atoms with Crippen molar-refractivity contribution in [2.75, 3.05) is 5.32 Å². The highest BCUT2D eigenvalue weighted by atomic mass is 79.9. The van der Waals surface area contributed by atoms with Crippen LogP contribution < -0.4 is 11.1 Å². The fourth-order valence-electron chi connectivity index (χ4n) is 2.80. The Hall–Kier alpha value is -1.12. The van der Waals surface area contributed by atoms with Crippen molar-refractivity contribution in [1.82, 2.24) is 4.98 Å². The number of furan rings is 1. The number of hydrogen-bond acceptors (Lipinski definition) is 6. The third kappa shape index (κ3) is 3.44. The van der Waals surface area contributed by atoms with Gasteiger partial charge >= 0.3 is 0 Å². The molecule has 0 amide bonds. The first-order chi connectivity index (χ1) is 12.0. The number of nitrogens with zero attached hydrogens (tertiary/aromatic N) is 1. The highest BCUT2D eigenvalue weighted by molar-refractivity contribution is 9.10. The largest absolute Gasteiger partial charge is 0.456 e. The molecule has 4 N–H and O–H groups in total. The van der Waals surface area contributed by atoms with Crippen molar-refractivity contribution in [2.24, 2.45) is 5.73 Å². The van der Waals surface area contributed by atoms with Gasteiger partial charge in [0.15, 0.2) is 5.58 Å². The first kappa shape index (κ1) is 17.3. The third-order valence-electron chi connectivity index (χ3n) is 4.51. The van der Waals surface area contributed by atoms with Crippen LogP contribution in [0.1, 0.15) is 23.5 Å². The summed E-state index contributed by atoms with van der Waals surface area (Å²) in [6, 6.07) is 5.48. The summed E-state index contributed by atoms with van der Waals surface area (Å²) in [6.07, 6.45) is 1.92. The quantitative estimate of drug-likeness (QED) is 0.495. The second-order valence-corrected chi connectivity index (χ2v) is 8.57. The molecule has 1 atom stereocenters. The van der Waals surface area contributed by atoms with Crippen LogP contribution in [-0.4, -0.2) is 21.7 Å². The normalized spacial score (nSPS) is 17.0. The van der Waals surface area contributed by atoms with Gasteiger partial charge < -0.3 is 20.6 Å². The van der Waals surface area contributed by atoms with Gasteiger partial charge in [-0.2, -0.15) is 0 Å². The van der Waals surface area contributed by atoms with E-state index in [0.717, 1.165) is 23.0 Å². The molecule has 1 aliphatic rings. The van der Waals surface area contributed by atoms with E-state index in [-0.39, 0.29) is 6.04 Å². The van der Waals surface area contributed by atoms with Crippen molar-refractivity contribution in [3.05, 3.63) is 43.8 Å². The summed E-state index contributed by atoms with van der Waals surface area (Å²) in [5.74, 6) is 0.678. The Bertz CT molecular complexity index is 908. The van der Waals surface area contributed by atoms with E-state index in [9.17, 15) is 5.11 Å². The number of thiophene rings is 1. The van der Waals surface area contributed by atoms with Crippen LogP contribution in [0, 0.1) is 0 Å². The zero-order chi connectivity index (χ0) is 17.6. The summed E-state index contributed by atoms with van der Waals surface area (Å²) >= 11 is 11.4. The molecule has 0 spiro atoms. The molecule has 1 fully saturated rings. The van der Waals surface area contributed by atoms with Gasteiger partial charge in [-0.25, -0.2) is 4.98 Å². The van der Waals surface area contributed by atoms with Gasteiger partial charge in [0, 0.05) is 30.0 Å². The first-order valence-corrected chi connectivity index (χ1v) is 10.0. The Kier molecular flexibility index (Phi) is 4.54. The zero-order valence-electron chi connectivity index (χ0n) is 13.3. The lowest BCUT2D eigenvalue weighted by Gasteiger charge is -2.16. The Morgan fingerprint density at radius 2 is 2.32 bits per heavy atom. The lowest BCUT2D eigenvalue weighted by molar-refractivity contribution is 0.117. The number of nitrogens with one attached hydrogen (secondary N) is 1. The summed E-state index contributed by atoms with van der Waals surface area (Å²) in [5.41, 5.74) is 7.46. The number of anilines is 1. The minimum atomic E-state index is -0.760. The average Bonchev–Trinajstić information content (AvgIpc) is 3.01. The Balaban J connectivity index is 1.65. The Morgan fingerprint density at radius 3 is 3.00 bits per heavy atom. The van der Waals surface area contributed by atoms with Gasteiger partial charge in [-0.15, -0.1) is 11.3 Å². The van der Waals surface area contributed by atoms with Gasteiger partial charge in [0.2, 0.25) is 0 Å². The molecular formula is C17H17BrClN3O2S. The number of rotatable bonds is 6. The predicted octanol–water partition coefficient (Wildman–Crippen LogP) is 4.31. The van der Waals surface area contributed by atoms with Crippen molar-refractivity contribution in [3.8, 4) is 0 Å². The molecule has 8 heteroatoms. The molecule has 1 saturated carbocycles. The van der Waals surface area contributed by atoms with E-state index in [1.165, 1.54) is 4.88 Å². The summed E-state index contributed by atoms with van der Waals surface area (Å²) in [4.78, 5) is 5.58. The maximum Gasteiger partial charge on any atom is 0.177 e. The third-order valence-corrected chi connectivity index (χ3v) is 6.40. The van der Waals surface area contributed by atoms with Gasteiger partial charge in [-0.3, -0.25) is 0 Å². The van der Waals surface area contributed by atoms with Gasteiger partial charge in [0.25, 0.3) is 0 Å². The number of fused-ring (bicyclic) bond motifs is 1. The molecule has 1 aliphatic carbocycles. The van der Waals surface area contributed by atoms with E-state index in [2.05, 4.69) is 32.3 Å². The fourth-order valence-corrected chi connectivity index (χ4v) is 4.15. The van der Waals surface area contributed by atoms with Gasteiger partial charge in [0.05, 0.1) is 15.8 Å². The van der Waals surface area contributed by atoms with Crippen LogP contribution in [0.25, 0.3) is 11.1 Å². The molecule has 4 rings (SSSR count). The van der Waals surface area contributed by atoms with Crippen molar-refractivity contribution in [1.29, 1.82) is 0 Å². The zero-order valence-corrected chi connectivity index (χ0v) is 16.4. The molecule has 3 aromatic rings.